The highest BCUT2D eigenvalue weighted by atomic mass is 16.5. The van der Waals surface area contributed by atoms with E-state index in [1.165, 1.54) is 0 Å². The number of aliphatic imine (C=N–C) groups is 1. The highest BCUT2D eigenvalue weighted by molar-refractivity contribution is 6.08. The summed E-state index contributed by atoms with van der Waals surface area (Å²) in [6.07, 6.45) is -0.0141. The predicted octanol–water partition coefficient (Wildman–Crippen LogP) is 2.18. The normalized spacial score (nSPS) is 25.4. The molecule has 3 heteroatoms. The molecule has 0 aliphatic carbocycles. The van der Waals surface area contributed by atoms with Gasteiger partial charge in [0.2, 0.25) is 0 Å². The van der Waals surface area contributed by atoms with Crippen LogP contribution in [0.1, 0.15) is 24.9 Å². The summed E-state index contributed by atoms with van der Waals surface area (Å²) in [6.45, 7) is 1.85. The van der Waals surface area contributed by atoms with Gasteiger partial charge < -0.3 is 4.74 Å². The van der Waals surface area contributed by atoms with Crippen molar-refractivity contribution in [2.24, 2.45) is 4.99 Å². The zero-order valence-corrected chi connectivity index (χ0v) is 9.51. The van der Waals surface area contributed by atoms with Crippen molar-refractivity contribution in [1.29, 1.82) is 0 Å². The first-order chi connectivity index (χ1) is 7.72. The van der Waals surface area contributed by atoms with Gasteiger partial charge >= 0.3 is 0 Å². The molecule has 0 spiro atoms. The van der Waals surface area contributed by atoms with Crippen molar-refractivity contribution in [2.45, 2.75) is 25.5 Å². The molecule has 0 bridgehead atoms. The van der Waals surface area contributed by atoms with E-state index in [-0.39, 0.29) is 11.8 Å². The fourth-order valence-corrected chi connectivity index (χ4v) is 2.06. The predicted molar refractivity (Wildman–Crippen MR) is 62.7 cm³/mol. The molecule has 0 fully saturated rings. The number of rotatable bonds is 2. The highest BCUT2D eigenvalue weighted by Gasteiger charge is 2.29. The fourth-order valence-electron chi connectivity index (χ4n) is 2.06. The molecule has 1 heterocycles. The second-order valence-electron chi connectivity index (χ2n) is 3.98. The van der Waals surface area contributed by atoms with E-state index in [4.69, 9.17) is 4.74 Å². The number of hydrogen-bond acceptors (Lipinski definition) is 3. The van der Waals surface area contributed by atoms with Crippen molar-refractivity contribution >= 4 is 11.5 Å². The van der Waals surface area contributed by atoms with Gasteiger partial charge in [0.05, 0.1) is 6.04 Å². The van der Waals surface area contributed by atoms with E-state index in [1.807, 2.05) is 37.3 Å². The average molecular weight is 217 g/mol. The zero-order chi connectivity index (χ0) is 11.5. The van der Waals surface area contributed by atoms with E-state index >= 15 is 0 Å². The first kappa shape index (κ1) is 11.0. The molecule has 2 unspecified atom stereocenters. The van der Waals surface area contributed by atoms with Gasteiger partial charge in [-0.3, -0.25) is 9.79 Å². The molecule has 1 aliphatic heterocycles. The summed E-state index contributed by atoms with van der Waals surface area (Å²) in [6, 6.07) is 9.85. The van der Waals surface area contributed by atoms with Crippen molar-refractivity contribution in [3.05, 3.63) is 35.9 Å². The summed E-state index contributed by atoms with van der Waals surface area (Å²) in [5, 5.41) is 0. The van der Waals surface area contributed by atoms with Crippen LogP contribution in [-0.4, -0.2) is 24.7 Å². The van der Waals surface area contributed by atoms with E-state index in [0.717, 1.165) is 11.3 Å². The van der Waals surface area contributed by atoms with Crippen LogP contribution in [-0.2, 0) is 9.53 Å². The first-order valence-electron chi connectivity index (χ1n) is 5.37. The molecular weight excluding hydrogens is 202 g/mol. The minimum absolute atomic E-state index is 0.0416. The third-order valence-electron chi connectivity index (χ3n) is 2.85. The number of carbonyl (C=O) groups is 1. The Morgan fingerprint density at radius 3 is 2.56 bits per heavy atom. The minimum atomic E-state index is -0.444. The fraction of sp³-hybridized carbons (Fsp3) is 0.385. The van der Waals surface area contributed by atoms with Crippen LogP contribution in [0.2, 0.25) is 0 Å². The quantitative estimate of drug-likeness (QED) is 0.761. The van der Waals surface area contributed by atoms with Crippen LogP contribution in [0.4, 0.5) is 0 Å². The maximum atomic E-state index is 11.8. The van der Waals surface area contributed by atoms with Gasteiger partial charge in [-0.1, -0.05) is 30.3 Å². The summed E-state index contributed by atoms with van der Waals surface area (Å²) in [4.78, 5) is 16.3. The molecule has 0 amide bonds. The molecule has 84 valence electrons. The van der Waals surface area contributed by atoms with E-state index < -0.39 is 6.10 Å². The number of methoxy groups -OCH3 is 1. The second-order valence-corrected chi connectivity index (χ2v) is 3.98. The first-order valence-corrected chi connectivity index (χ1v) is 5.37. The molecular formula is C13H15NO2. The molecule has 16 heavy (non-hydrogen) atoms. The summed E-state index contributed by atoms with van der Waals surface area (Å²) < 4.78 is 5.12. The van der Waals surface area contributed by atoms with Gasteiger partial charge in [0.25, 0.3) is 0 Å². The Hall–Kier alpha value is -1.48. The zero-order valence-electron chi connectivity index (χ0n) is 9.51. The largest absolute Gasteiger partial charge is 0.368 e. The molecule has 0 N–H and O–H groups in total. The molecule has 0 saturated heterocycles. The van der Waals surface area contributed by atoms with Crippen molar-refractivity contribution in [1.82, 2.24) is 0 Å². The van der Waals surface area contributed by atoms with Gasteiger partial charge in [-0.2, -0.15) is 0 Å². The number of benzene rings is 1. The second kappa shape index (κ2) is 4.58. The van der Waals surface area contributed by atoms with Crippen molar-refractivity contribution in [2.75, 3.05) is 7.11 Å². The van der Waals surface area contributed by atoms with Gasteiger partial charge in [-0.25, -0.2) is 0 Å². The van der Waals surface area contributed by atoms with E-state index in [9.17, 15) is 4.79 Å². The Morgan fingerprint density at radius 2 is 2.00 bits per heavy atom. The summed E-state index contributed by atoms with van der Waals surface area (Å²) >= 11 is 0. The Labute approximate surface area is 95.2 Å². The maximum absolute atomic E-state index is 11.8. The monoisotopic (exact) mass is 217 g/mol. The number of nitrogens with zero attached hydrogens (tertiary/aromatic N) is 1. The van der Waals surface area contributed by atoms with E-state index in [2.05, 4.69) is 4.99 Å². The number of ketones is 1. The van der Waals surface area contributed by atoms with Gasteiger partial charge in [0, 0.05) is 19.2 Å². The Kier molecular flexibility index (Phi) is 3.15. The molecule has 3 nitrogen and oxygen atoms in total. The van der Waals surface area contributed by atoms with Crippen LogP contribution in [0, 0.1) is 0 Å². The molecule has 0 radical (unpaired) electrons. The Balaban J connectivity index is 2.27. The molecule has 0 saturated carbocycles. The standard InChI is InChI=1S/C13H15NO2/c1-9-13(16-2)12(15)8-11(14-9)10-6-4-3-5-7-10/h3-7,11,13H,8H2,1-2H3. The summed E-state index contributed by atoms with van der Waals surface area (Å²) in [5.74, 6) is 0.115. The van der Waals surface area contributed by atoms with Gasteiger partial charge in [-0.05, 0) is 12.5 Å². The van der Waals surface area contributed by atoms with Gasteiger partial charge in [0.1, 0.15) is 0 Å². The number of carbonyl (C=O) groups excluding carboxylic acids is 1. The molecule has 1 aromatic carbocycles. The number of Topliss-reactive ketones (excluding diaryl/α,β-unsaturated/α-hetero) is 1. The average Bonchev–Trinajstić information content (AvgIpc) is 2.30. The van der Waals surface area contributed by atoms with Crippen molar-refractivity contribution in [3.8, 4) is 0 Å². The number of hydrogen-bond donors (Lipinski definition) is 0. The Bertz CT molecular complexity index is 411. The third-order valence-corrected chi connectivity index (χ3v) is 2.85. The summed E-state index contributed by atoms with van der Waals surface area (Å²) in [5.41, 5.74) is 1.86. The van der Waals surface area contributed by atoms with E-state index in [1.54, 1.807) is 7.11 Å². The van der Waals surface area contributed by atoms with Crippen LogP contribution in [0.5, 0.6) is 0 Å². The highest BCUT2D eigenvalue weighted by Crippen LogP contribution is 2.26. The lowest BCUT2D eigenvalue weighted by Gasteiger charge is -2.24. The summed E-state index contributed by atoms with van der Waals surface area (Å²) in [7, 11) is 1.55. The SMILES string of the molecule is COC1C(=O)CC(c2ccccc2)N=C1C. The van der Waals surface area contributed by atoms with E-state index in [0.29, 0.717) is 6.42 Å². The minimum Gasteiger partial charge on any atom is -0.368 e. The van der Waals surface area contributed by atoms with Gasteiger partial charge in [-0.15, -0.1) is 0 Å². The molecule has 2 rings (SSSR count). The van der Waals surface area contributed by atoms with Crippen LogP contribution in [0.25, 0.3) is 0 Å². The topological polar surface area (TPSA) is 38.7 Å². The Morgan fingerprint density at radius 1 is 1.31 bits per heavy atom. The van der Waals surface area contributed by atoms with Crippen LogP contribution >= 0.6 is 0 Å². The molecule has 1 aliphatic rings. The number of ether oxygens (including phenoxy) is 1. The van der Waals surface area contributed by atoms with Crippen LogP contribution in [0.3, 0.4) is 0 Å². The van der Waals surface area contributed by atoms with Gasteiger partial charge in [0.15, 0.2) is 11.9 Å². The van der Waals surface area contributed by atoms with Crippen molar-refractivity contribution in [3.63, 3.8) is 0 Å². The smallest absolute Gasteiger partial charge is 0.169 e. The lowest BCUT2D eigenvalue weighted by atomic mass is 9.94. The van der Waals surface area contributed by atoms with Crippen molar-refractivity contribution < 1.29 is 9.53 Å². The van der Waals surface area contributed by atoms with Crippen LogP contribution in [0.15, 0.2) is 35.3 Å². The lowest BCUT2D eigenvalue weighted by molar-refractivity contribution is -0.126. The third kappa shape index (κ3) is 2.04. The molecule has 1 aromatic rings. The lowest BCUT2D eigenvalue weighted by Crippen LogP contribution is -2.35. The molecule has 0 aromatic heterocycles. The van der Waals surface area contributed by atoms with Crippen LogP contribution < -0.4 is 0 Å². The maximum Gasteiger partial charge on any atom is 0.169 e. The molecule has 2 atom stereocenters.